The van der Waals surface area contributed by atoms with Gasteiger partial charge in [-0.1, -0.05) is 6.07 Å². The summed E-state index contributed by atoms with van der Waals surface area (Å²) >= 11 is 0. The predicted octanol–water partition coefficient (Wildman–Crippen LogP) is 1.13. The van der Waals surface area contributed by atoms with Crippen LogP contribution in [0.15, 0.2) is 18.2 Å². The second kappa shape index (κ2) is 7.81. The number of urea groups is 1. The van der Waals surface area contributed by atoms with Gasteiger partial charge in [-0.05, 0) is 43.5 Å². The number of carbonyl (C=O) groups is 3. The van der Waals surface area contributed by atoms with Crippen LogP contribution in [0.5, 0.6) is 5.75 Å². The molecule has 0 radical (unpaired) electrons. The highest BCUT2D eigenvalue weighted by Gasteiger charge is 2.29. The Hall–Kier alpha value is -2.57. The number of imide groups is 1. The largest absolute Gasteiger partial charge is 0.492 e. The van der Waals surface area contributed by atoms with Crippen molar-refractivity contribution in [3.05, 3.63) is 29.3 Å². The summed E-state index contributed by atoms with van der Waals surface area (Å²) in [4.78, 5) is 36.1. The molecule has 7 heteroatoms. The summed E-state index contributed by atoms with van der Waals surface area (Å²) in [6.45, 7) is 4.86. The van der Waals surface area contributed by atoms with E-state index in [1.807, 2.05) is 26.0 Å². The molecule has 4 amide bonds. The van der Waals surface area contributed by atoms with Crippen molar-refractivity contribution in [3.63, 3.8) is 0 Å². The Morgan fingerprint density at radius 3 is 2.46 bits per heavy atom. The van der Waals surface area contributed by atoms with Gasteiger partial charge < -0.3 is 15.0 Å². The van der Waals surface area contributed by atoms with Crippen molar-refractivity contribution >= 4 is 17.8 Å². The van der Waals surface area contributed by atoms with E-state index in [4.69, 9.17) is 4.74 Å². The topological polar surface area (TPSA) is 87.7 Å². The van der Waals surface area contributed by atoms with Crippen molar-refractivity contribution in [2.45, 2.75) is 32.7 Å². The van der Waals surface area contributed by atoms with Crippen molar-refractivity contribution in [1.82, 2.24) is 15.5 Å². The van der Waals surface area contributed by atoms with Gasteiger partial charge >= 0.3 is 6.03 Å². The fourth-order valence-corrected chi connectivity index (χ4v) is 2.56. The van der Waals surface area contributed by atoms with Crippen LogP contribution in [0.4, 0.5) is 4.79 Å². The van der Waals surface area contributed by atoms with Gasteiger partial charge in [-0.2, -0.15) is 0 Å². The van der Waals surface area contributed by atoms with Gasteiger partial charge in [0.1, 0.15) is 18.4 Å². The minimum absolute atomic E-state index is 0.0898. The van der Waals surface area contributed by atoms with Crippen LogP contribution in [0.1, 0.15) is 24.0 Å². The van der Waals surface area contributed by atoms with Crippen molar-refractivity contribution in [3.8, 4) is 5.75 Å². The zero-order chi connectivity index (χ0) is 17.7. The molecular weight excluding hydrogens is 310 g/mol. The summed E-state index contributed by atoms with van der Waals surface area (Å²) in [6, 6.07) is 4.85. The molecule has 2 rings (SSSR count). The van der Waals surface area contributed by atoms with E-state index in [0.29, 0.717) is 19.6 Å². The number of nitrogens with one attached hydrogen (secondary N) is 2. The lowest BCUT2D eigenvalue weighted by Gasteiger charge is -2.18. The summed E-state index contributed by atoms with van der Waals surface area (Å²) < 4.78 is 5.68. The molecule has 1 aliphatic heterocycles. The second-order valence-electron chi connectivity index (χ2n) is 6.04. The molecule has 1 aliphatic rings. The summed E-state index contributed by atoms with van der Waals surface area (Å²) in [7, 11) is 1.69. The lowest BCUT2D eigenvalue weighted by atomic mass is 10.1. The zero-order valence-electron chi connectivity index (χ0n) is 14.2. The van der Waals surface area contributed by atoms with Crippen LogP contribution in [0, 0.1) is 13.8 Å². The summed E-state index contributed by atoms with van der Waals surface area (Å²) in [5.74, 6) is 0.320. The first-order valence-corrected chi connectivity index (χ1v) is 7.91. The zero-order valence-corrected chi connectivity index (χ0v) is 14.2. The number of benzene rings is 1. The van der Waals surface area contributed by atoms with E-state index >= 15 is 0 Å². The van der Waals surface area contributed by atoms with Crippen LogP contribution in [0.3, 0.4) is 0 Å². The number of hydrogen-bond acceptors (Lipinski definition) is 4. The number of hydrogen-bond donors (Lipinski definition) is 2. The van der Waals surface area contributed by atoms with Crippen LogP contribution in [-0.4, -0.2) is 49.0 Å². The normalized spacial score (nSPS) is 16.5. The summed E-state index contributed by atoms with van der Waals surface area (Å²) in [5.41, 5.74) is 2.26. The molecule has 130 valence electrons. The van der Waals surface area contributed by atoms with Crippen LogP contribution in [0.2, 0.25) is 0 Å². The molecule has 1 saturated heterocycles. The maximum Gasteiger partial charge on any atom is 0.322 e. The first-order valence-electron chi connectivity index (χ1n) is 7.91. The molecule has 1 aromatic rings. The van der Waals surface area contributed by atoms with E-state index in [2.05, 4.69) is 16.7 Å². The van der Waals surface area contributed by atoms with Gasteiger partial charge in [0.05, 0.1) is 6.54 Å². The highest BCUT2D eigenvalue weighted by Crippen LogP contribution is 2.16. The molecular formula is C17H23N3O4. The fourth-order valence-electron chi connectivity index (χ4n) is 2.56. The van der Waals surface area contributed by atoms with Gasteiger partial charge in [-0.15, -0.1) is 0 Å². The molecule has 1 heterocycles. The van der Waals surface area contributed by atoms with Crippen LogP contribution >= 0.6 is 0 Å². The van der Waals surface area contributed by atoms with Crippen molar-refractivity contribution in [2.75, 3.05) is 20.2 Å². The SMILES string of the molecule is Cc1cc(C)cc(OCCN(C)C(=O)CC[C@H]2NC(=O)NC2=O)c1. The lowest BCUT2D eigenvalue weighted by molar-refractivity contribution is -0.130. The fraction of sp³-hybridized carbons (Fsp3) is 0.471. The number of nitrogens with zero attached hydrogens (tertiary/aromatic N) is 1. The molecule has 2 N–H and O–H groups in total. The van der Waals surface area contributed by atoms with Crippen LogP contribution in [0.25, 0.3) is 0 Å². The Morgan fingerprint density at radius 2 is 1.88 bits per heavy atom. The summed E-state index contributed by atoms with van der Waals surface area (Å²) in [5, 5.41) is 4.63. The van der Waals surface area contributed by atoms with E-state index in [-0.39, 0.29) is 18.2 Å². The van der Waals surface area contributed by atoms with Gasteiger partial charge in [0.2, 0.25) is 5.91 Å². The quantitative estimate of drug-likeness (QED) is 0.732. The molecule has 0 bridgehead atoms. The molecule has 1 atom stereocenters. The maximum atomic E-state index is 12.1. The second-order valence-corrected chi connectivity index (χ2v) is 6.04. The van der Waals surface area contributed by atoms with E-state index in [9.17, 15) is 14.4 Å². The number of carbonyl (C=O) groups excluding carboxylic acids is 3. The number of likely N-dealkylation sites (N-methyl/N-ethyl adjacent to an activating group) is 1. The third-order valence-corrected chi connectivity index (χ3v) is 3.82. The Kier molecular flexibility index (Phi) is 5.78. The highest BCUT2D eigenvalue weighted by atomic mass is 16.5. The number of ether oxygens (including phenoxy) is 1. The predicted molar refractivity (Wildman–Crippen MR) is 88.7 cm³/mol. The molecule has 0 unspecified atom stereocenters. The summed E-state index contributed by atoms with van der Waals surface area (Å²) in [6.07, 6.45) is 0.483. The molecule has 0 spiro atoms. The van der Waals surface area contributed by atoms with Gasteiger partial charge in [0.15, 0.2) is 0 Å². The minimum Gasteiger partial charge on any atom is -0.492 e. The maximum absolute atomic E-state index is 12.1. The third-order valence-electron chi connectivity index (χ3n) is 3.82. The third kappa shape index (κ3) is 4.97. The molecule has 7 nitrogen and oxygen atoms in total. The van der Waals surface area contributed by atoms with Gasteiger partial charge in [-0.3, -0.25) is 14.9 Å². The van der Waals surface area contributed by atoms with Gasteiger partial charge in [0, 0.05) is 13.5 Å². The van der Waals surface area contributed by atoms with E-state index in [1.165, 1.54) is 0 Å². The molecule has 1 fully saturated rings. The average molecular weight is 333 g/mol. The van der Waals surface area contributed by atoms with Crippen molar-refractivity contribution in [1.29, 1.82) is 0 Å². The van der Waals surface area contributed by atoms with Gasteiger partial charge in [0.25, 0.3) is 5.91 Å². The first-order chi connectivity index (χ1) is 11.3. The van der Waals surface area contributed by atoms with Crippen LogP contribution < -0.4 is 15.4 Å². The Bertz CT molecular complexity index is 624. The Balaban J connectivity index is 1.71. The number of amides is 4. The van der Waals surface area contributed by atoms with Crippen molar-refractivity contribution in [2.24, 2.45) is 0 Å². The molecule has 0 saturated carbocycles. The van der Waals surface area contributed by atoms with E-state index in [0.717, 1.165) is 16.9 Å². The Labute approximate surface area is 141 Å². The first kappa shape index (κ1) is 17.8. The van der Waals surface area contributed by atoms with Crippen LogP contribution in [-0.2, 0) is 9.59 Å². The smallest absolute Gasteiger partial charge is 0.322 e. The van der Waals surface area contributed by atoms with Gasteiger partial charge in [-0.25, -0.2) is 4.79 Å². The lowest BCUT2D eigenvalue weighted by Crippen LogP contribution is -2.34. The standard InChI is InChI=1S/C17H23N3O4/c1-11-8-12(2)10-13(9-11)24-7-6-20(3)15(21)5-4-14-16(22)19-17(23)18-14/h8-10,14H,4-7H2,1-3H3,(H2,18,19,22,23)/t14-/m1/s1. The Morgan fingerprint density at radius 1 is 1.21 bits per heavy atom. The monoisotopic (exact) mass is 333 g/mol. The molecule has 0 aliphatic carbocycles. The molecule has 24 heavy (non-hydrogen) atoms. The number of aryl methyl sites for hydroxylation is 2. The van der Waals surface area contributed by atoms with E-state index in [1.54, 1.807) is 11.9 Å². The molecule has 1 aromatic carbocycles. The minimum atomic E-state index is -0.624. The average Bonchev–Trinajstić information content (AvgIpc) is 2.81. The van der Waals surface area contributed by atoms with Crippen molar-refractivity contribution < 1.29 is 19.1 Å². The van der Waals surface area contributed by atoms with E-state index < -0.39 is 12.1 Å². The number of rotatable bonds is 7. The molecule has 0 aromatic heterocycles. The highest BCUT2D eigenvalue weighted by molar-refractivity contribution is 6.04.